The summed E-state index contributed by atoms with van der Waals surface area (Å²) in [5.41, 5.74) is 0.625. The van der Waals surface area contributed by atoms with Crippen molar-refractivity contribution in [2.75, 3.05) is 11.9 Å². The van der Waals surface area contributed by atoms with Crippen molar-refractivity contribution in [3.63, 3.8) is 0 Å². The summed E-state index contributed by atoms with van der Waals surface area (Å²) in [6.45, 7) is -0.00536. The minimum absolute atomic E-state index is 0.00536. The average Bonchev–Trinajstić information content (AvgIpc) is 3.17. The predicted octanol–water partition coefficient (Wildman–Crippen LogP) is 3.36. The Morgan fingerprint density at radius 1 is 1.08 bits per heavy atom. The van der Waals surface area contributed by atoms with Crippen molar-refractivity contribution in [1.29, 1.82) is 0 Å². The molecule has 1 aliphatic carbocycles. The summed E-state index contributed by atoms with van der Waals surface area (Å²) >= 11 is 0. The van der Waals surface area contributed by atoms with E-state index in [1.54, 1.807) is 36.4 Å². The number of furan rings is 1. The number of rotatable bonds is 6. The predicted molar refractivity (Wildman–Crippen MR) is 93.6 cm³/mol. The van der Waals surface area contributed by atoms with Crippen LogP contribution in [0.2, 0.25) is 0 Å². The average molecular weight is 342 g/mol. The van der Waals surface area contributed by atoms with Gasteiger partial charge in [0.1, 0.15) is 5.75 Å². The molecular weight excluding hydrogens is 320 g/mol. The fourth-order valence-corrected chi connectivity index (χ4v) is 2.90. The lowest BCUT2D eigenvalue weighted by molar-refractivity contribution is -0.124. The van der Waals surface area contributed by atoms with Crippen LogP contribution in [0.3, 0.4) is 0 Å². The van der Waals surface area contributed by atoms with E-state index in [2.05, 4.69) is 10.6 Å². The van der Waals surface area contributed by atoms with Crippen LogP contribution >= 0.6 is 0 Å². The molecule has 6 nitrogen and oxygen atoms in total. The van der Waals surface area contributed by atoms with E-state index in [1.165, 1.54) is 25.5 Å². The first-order chi connectivity index (χ1) is 12.2. The number of anilines is 1. The molecule has 1 aliphatic rings. The summed E-state index contributed by atoms with van der Waals surface area (Å²) < 4.78 is 10.5. The van der Waals surface area contributed by atoms with Crippen molar-refractivity contribution in [3.8, 4) is 5.75 Å². The van der Waals surface area contributed by atoms with Crippen LogP contribution in [0.15, 0.2) is 47.1 Å². The molecule has 0 atom stereocenters. The number of benzene rings is 1. The molecule has 6 heteroatoms. The molecule has 3 rings (SSSR count). The molecule has 1 aromatic heterocycles. The lowest BCUT2D eigenvalue weighted by Gasteiger charge is -2.22. The molecular formula is C19H22N2O4. The molecule has 1 aromatic carbocycles. The van der Waals surface area contributed by atoms with Gasteiger partial charge in [-0.25, -0.2) is 0 Å². The Labute approximate surface area is 146 Å². The van der Waals surface area contributed by atoms with Crippen LogP contribution < -0.4 is 15.4 Å². The Kier molecular flexibility index (Phi) is 5.72. The van der Waals surface area contributed by atoms with Gasteiger partial charge in [0.2, 0.25) is 0 Å². The first kappa shape index (κ1) is 17.1. The molecule has 0 radical (unpaired) electrons. The monoisotopic (exact) mass is 342 g/mol. The quantitative estimate of drug-likeness (QED) is 0.843. The van der Waals surface area contributed by atoms with E-state index in [0.717, 1.165) is 12.8 Å². The zero-order valence-electron chi connectivity index (χ0n) is 14.0. The van der Waals surface area contributed by atoms with Gasteiger partial charge in [-0.1, -0.05) is 19.3 Å². The molecule has 2 amide bonds. The number of amides is 2. The van der Waals surface area contributed by atoms with Gasteiger partial charge < -0.3 is 19.8 Å². The van der Waals surface area contributed by atoms with Crippen molar-refractivity contribution in [2.45, 2.75) is 38.1 Å². The van der Waals surface area contributed by atoms with Crippen molar-refractivity contribution >= 4 is 17.5 Å². The summed E-state index contributed by atoms with van der Waals surface area (Å²) in [4.78, 5) is 23.8. The molecule has 2 N–H and O–H groups in total. The van der Waals surface area contributed by atoms with Crippen molar-refractivity contribution in [2.24, 2.45) is 0 Å². The zero-order valence-corrected chi connectivity index (χ0v) is 14.0. The number of carbonyl (C=O) groups is 2. The lowest BCUT2D eigenvalue weighted by atomic mass is 9.95. The Morgan fingerprint density at radius 2 is 1.84 bits per heavy atom. The second kappa shape index (κ2) is 8.37. The van der Waals surface area contributed by atoms with Gasteiger partial charge in [-0.15, -0.1) is 0 Å². The minimum Gasteiger partial charge on any atom is -0.484 e. The van der Waals surface area contributed by atoms with Crippen LogP contribution in [-0.4, -0.2) is 24.5 Å². The lowest BCUT2D eigenvalue weighted by Crippen LogP contribution is -2.38. The number of ether oxygens (including phenoxy) is 1. The molecule has 0 aliphatic heterocycles. The van der Waals surface area contributed by atoms with Gasteiger partial charge in [-0.05, 0) is 49.2 Å². The Bertz CT molecular complexity index is 689. The summed E-state index contributed by atoms with van der Waals surface area (Å²) in [5.74, 6) is 0.419. The van der Waals surface area contributed by atoms with Gasteiger partial charge in [0.05, 0.1) is 6.26 Å². The maximum Gasteiger partial charge on any atom is 0.291 e. The molecule has 1 heterocycles. The molecule has 1 saturated carbocycles. The van der Waals surface area contributed by atoms with Gasteiger partial charge in [0.25, 0.3) is 11.8 Å². The first-order valence-electron chi connectivity index (χ1n) is 8.58. The van der Waals surface area contributed by atoms with E-state index in [1.807, 2.05) is 0 Å². The van der Waals surface area contributed by atoms with Gasteiger partial charge in [0, 0.05) is 11.7 Å². The summed E-state index contributed by atoms with van der Waals surface area (Å²) in [6.07, 6.45) is 7.16. The Morgan fingerprint density at radius 3 is 2.52 bits per heavy atom. The highest BCUT2D eigenvalue weighted by molar-refractivity contribution is 6.02. The molecule has 0 unspecified atom stereocenters. The van der Waals surface area contributed by atoms with Crippen LogP contribution in [0.5, 0.6) is 5.75 Å². The number of nitrogens with one attached hydrogen (secondary N) is 2. The highest BCUT2D eigenvalue weighted by Gasteiger charge is 2.15. The third kappa shape index (κ3) is 5.11. The van der Waals surface area contributed by atoms with Crippen LogP contribution in [0, 0.1) is 0 Å². The maximum atomic E-state index is 11.9. The summed E-state index contributed by atoms with van der Waals surface area (Å²) in [5, 5.41) is 5.73. The summed E-state index contributed by atoms with van der Waals surface area (Å²) in [6, 6.07) is 10.4. The van der Waals surface area contributed by atoms with Gasteiger partial charge >= 0.3 is 0 Å². The van der Waals surface area contributed by atoms with Crippen LogP contribution in [-0.2, 0) is 4.79 Å². The van der Waals surface area contributed by atoms with Gasteiger partial charge in [-0.3, -0.25) is 9.59 Å². The van der Waals surface area contributed by atoms with Crippen molar-refractivity contribution in [1.82, 2.24) is 5.32 Å². The number of hydrogen-bond donors (Lipinski definition) is 2. The van der Waals surface area contributed by atoms with E-state index >= 15 is 0 Å². The highest BCUT2D eigenvalue weighted by Crippen LogP contribution is 2.18. The zero-order chi connectivity index (χ0) is 17.5. The fourth-order valence-electron chi connectivity index (χ4n) is 2.90. The van der Waals surface area contributed by atoms with E-state index < -0.39 is 0 Å². The topological polar surface area (TPSA) is 80.6 Å². The van der Waals surface area contributed by atoms with Gasteiger partial charge in [0.15, 0.2) is 12.4 Å². The van der Waals surface area contributed by atoms with E-state index in [-0.39, 0.29) is 30.2 Å². The Hall–Kier alpha value is -2.76. The molecule has 0 bridgehead atoms. The van der Waals surface area contributed by atoms with E-state index in [0.29, 0.717) is 11.4 Å². The molecule has 132 valence electrons. The molecule has 25 heavy (non-hydrogen) atoms. The normalized spacial score (nSPS) is 14.7. The minimum atomic E-state index is -0.314. The maximum absolute atomic E-state index is 11.9. The first-order valence-corrected chi connectivity index (χ1v) is 8.58. The van der Waals surface area contributed by atoms with E-state index in [4.69, 9.17) is 9.15 Å². The highest BCUT2D eigenvalue weighted by atomic mass is 16.5. The second-order valence-electron chi connectivity index (χ2n) is 6.15. The fraction of sp³-hybridized carbons (Fsp3) is 0.368. The number of hydrogen-bond acceptors (Lipinski definition) is 4. The standard InChI is InChI=1S/C19H22N2O4/c22-18(20-14-5-2-1-3-6-14)13-25-16-10-8-15(9-11-16)21-19(23)17-7-4-12-24-17/h4,7-12,14H,1-3,5-6,13H2,(H,20,22)(H,21,23). The third-order valence-electron chi connectivity index (χ3n) is 4.20. The smallest absolute Gasteiger partial charge is 0.291 e. The Balaban J connectivity index is 1.44. The molecule has 1 fully saturated rings. The number of carbonyl (C=O) groups excluding carboxylic acids is 2. The van der Waals surface area contributed by atoms with Crippen molar-refractivity contribution in [3.05, 3.63) is 48.4 Å². The second-order valence-corrected chi connectivity index (χ2v) is 6.15. The SMILES string of the molecule is O=C(COc1ccc(NC(=O)c2ccco2)cc1)NC1CCCCC1. The van der Waals surface area contributed by atoms with Crippen LogP contribution in [0.1, 0.15) is 42.7 Å². The molecule has 2 aromatic rings. The van der Waals surface area contributed by atoms with Crippen molar-refractivity contribution < 1.29 is 18.7 Å². The summed E-state index contributed by atoms with van der Waals surface area (Å²) in [7, 11) is 0. The molecule has 0 spiro atoms. The molecule has 0 saturated heterocycles. The van der Waals surface area contributed by atoms with Crippen LogP contribution in [0.25, 0.3) is 0 Å². The van der Waals surface area contributed by atoms with Gasteiger partial charge in [-0.2, -0.15) is 0 Å². The largest absolute Gasteiger partial charge is 0.484 e. The third-order valence-corrected chi connectivity index (χ3v) is 4.20. The van der Waals surface area contributed by atoms with E-state index in [9.17, 15) is 9.59 Å². The van der Waals surface area contributed by atoms with Crippen LogP contribution in [0.4, 0.5) is 5.69 Å².